The number of H-pyrrole nitrogens is 1. The number of nitrogens with zero attached hydrogens (tertiary/aromatic N) is 2. The summed E-state index contributed by atoms with van der Waals surface area (Å²) in [6, 6.07) is 8.55. The molecule has 9 nitrogen and oxygen atoms in total. The molecule has 1 amide bonds. The van der Waals surface area contributed by atoms with Crippen LogP contribution in [0.25, 0.3) is 11.4 Å². The molecule has 1 aromatic carbocycles. The molecule has 1 saturated heterocycles. The second-order valence-corrected chi connectivity index (χ2v) is 7.83. The van der Waals surface area contributed by atoms with E-state index < -0.39 is 5.76 Å². The lowest BCUT2D eigenvalue weighted by molar-refractivity contribution is 0.0305. The smallest absolute Gasteiger partial charge is 0.372 e. The molecule has 0 spiro atoms. The molecule has 0 bridgehead atoms. The number of nitrogens with one attached hydrogen (secondary N) is 3. The van der Waals surface area contributed by atoms with Crippen LogP contribution in [0.1, 0.15) is 22.2 Å². The van der Waals surface area contributed by atoms with Crippen LogP contribution in [-0.4, -0.2) is 47.3 Å². The monoisotopic (exact) mass is 463 g/mol. The van der Waals surface area contributed by atoms with Gasteiger partial charge in [0.1, 0.15) is 5.69 Å². The van der Waals surface area contributed by atoms with Crippen LogP contribution in [-0.2, 0) is 4.74 Å². The number of hydrogen-bond acceptors (Lipinski definition) is 7. The van der Waals surface area contributed by atoms with Gasteiger partial charge in [0, 0.05) is 37.3 Å². The van der Waals surface area contributed by atoms with Gasteiger partial charge >= 0.3 is 5.76 Å². The Balaban J connectivity index is 1.48. The maximum atomic E-state index is 12.7. The summed E-state index contributed by atoms with van der Waals surface area (Å²) in [5.41, 5.74) is 1.60. The molecular formula is C20H19Cl2N5O4. The van der Waals surface area contributed by atoms with Crippen molar-refractivity contribution < 1.29 is 14.1 Å². The highest BCUT2D eigenvalue weighted by atomic mass is 35.5. The zero-order chi connectivity index (χ0) is 21.8. The Hall–Kier alpha value is -2.72. The summed E-state index contributed by atoms with van der Waals surface area (Å²) >= 11 is 12.2. The van der Waals surface area contributed by atoms with E-state index >= 15 is 0 Å². The second-order valence-electron chi connectivity index (χ2n) is 7.01. The van der Waals surface area contributed by atoms with Crippen LogP contribution in [0.15, 0.2) is 45.8 Å². The van der Waals surface area contributed by atoms with E-state index in [0.717, 1.165) is 5.56 Å². The minimum absolute atomic E-state index is 0.0428. The molecule has 2 unspecified atom stereocenters. The zero-order valence-corrected chi connectivity index (χ0v) is 17.7. The first-order valence-corrected chi connectivity index (χ1v) is 10.3. The average Bonchev–Trinajstić information content (AvgIpc) is 3.07. The first-order valence-electron chi connectivity index (χ1n) is 9.59. The fourth-order valence-electron chi connectivity index (χ4n) is 3.40. The van der Waals surface area contributed by atoms with Gasteiger partial charge in [-0.15, -0.1) is 0 Å². The standard InChI is InChI=1S/C20H19Cl2N5O4/c21-14-2-1-11(7-15(14)22)17-13(9-23-5-6-30-17)10-25-19(28)16-8-12(3-4-24-16)18-26-20(29)31-27-18/h1-4,7-8,13,17,23H,5-6,9-10H2,(H,25,28)(H,26,27,29). The highest BCUT2D eigenvalue weighted by molar-refractivity contribution is 6.42. The Bertz CT molecular complexity index is 1130. The molecule has 2 aromatic heterocycles. The van der Waals surface area contributed by atoms with E-state index in [2.05, 4.69) is 30.3 Å². The van der Waals surface area contributed by atoms with Crippen molar-refractivity contribution in [3.63, 3.8) is 0 Å². The number of aromatic nitrogens is 3. The minimum Gasteiger partial charge on any atom is -0.372 e. The topological polar surface area (TPSA) is 122 Å². The van der Waals surface area contributed by atoms with E-state index in [1.807, 2.05) is 6.07 Å². The molecule has 0 aliphatic carbocycles. The summed E-state index contributed by atoms with van der Waals surface area (Å²) in [5, 5.41) is 10.8. The Morgan fingerprint density at radius 3 is 2.87 bits per heavy atom. The Morgan fingerprint density at radius 2 is 2.10 bits per heavy atom. The molecular weight excluding hydrogens is 445 g/mol. The number of carbonyl (C=O) groups excluding carboxylic acids is 1. The minimum atomic E-state index is -0.674. The highest BCUT2D eigenvalue weighted by Crippen LogP contribution is 2.32. The number of aromatic amines is 1. The third-order valence-electron chi connectivity index (χ3n) is 4.91. The largest absolute Gasteiger partial charge is 0.439 e. The normalized spacial score (nSPS) is 19.0. The number of amides is 1. The van der Waals surface area contributed by atoms with Gasteiger partial charge in [0.15, 0.2) is 5.82 Å². The molecule has 1 aliphatic rings. The molecule has 4 rings (SSSR count). The van der Waals surface area contributed by atoms with Gasteiger partial charge in [0.05, 0.1) is 22.8 Å². The van der Waals surface area contributed by atoms with Crippen molar-refractivity contribution in [2.24, 2.45) is 5.92 Å². The van der Waals surface area contributed by atoms with Crippen molar-refractivity contribution in [1.29, 1.82) is 0 Å². The fourth-order valence-corrected chi connectivity index (χ4v) is 3.70. The van der Waals surface area contributed by atoms with Crippen LogP contribution < -0.4 is 16.4 Å². The summed E-state index contributed by atoms with van der Waals surface area (Å²) in [5.74, 6) is -0.849. The van der Waals surface area contributed by atoms with Crippen LogP contribution in [0.5, 0.6) is 0 Å². The summed E-state index contributed by atoms with van der Waals surface area (Å²) in [6.07, 6.45) is 1.20. The number of pyridine rings is 1. The summed E-state index contributed by atoms with van der Waals surface area (Å²) in [4.78, 5) is 30.4. The molecule has 3 heterocycles. The Kier molecular flexibility index (Phi) is 6.67. The highest BCUT2D eigenvalue weighted by Gasteiger charge is 2.27. The van der Waals surface area contributed by atoms with Gasteiger partial charge in [0.25, 0.3) is 5.91 Å². The van der Waals surface area contributed by atoms with Crippen molar-refractivity contribution >= 4 is 29.1 Å². The number of ether oxygens (including phenoxy) is 1. The SMILES string of the molecule is O=C(NCC1CNCCOC1c1ccc(Cl)c(Cl)c1)c1cc(-c2noc(=O)[nH]2)ccn1. The third kappa shape index (κ3) is 5.13. The Labute approximate surface area is 187 Å². The average molecular weight is 464 g/mol. The molecule has 11 heteroatoms. The van der Waals surface area contributed by atoms with Crippen LogP contribution in [0.3, 0.4) is 0 Å². The van der Waals surface area contributed by atoms with E-state index in [1.54, 1.807) is 18.2 Å². The lowest BCUT2D eigenvalue weighted by Gasteiger charge is -2.25. The maximum absolute atomic E-state index is 12.7. The zero-order valence-electron chi connectivity index (χ0n) is 16.2. The molecule has 1 aliphatic heterocycles. The predicted molar refractivity (Wildman–Crippen MR) is 114 cm³/mol. The summed E-state index contributed by atoms with van der Waals surface area (Å²) in [7, 11) is 0. The predicted octanol–water partition coefficient (Wildman–Crippen LogP) is 2.44. The van der Waals surface area contributed by atoms with E-state index in [1.165, 1.54) is 12.3 Å². The summed E-state index contributed by atoms with van der Waals surface area (Å²) < 4.78 is 10.5. The molecule has 0 saturated carbocycles. The van der Waals surface area contributed by atoms with E-state index in [4.69, 9.17) is 27.9 Å². The molecule has 31 heavy (non-hydrogen) atoms. The molecule has 2 atom stereocenters. The lowest BCUT2D eigenvalue weighted by atomic mass is 9.95. The van der Waals surface area contributed by atoms with Crippen LogP contribution >= 0.6 is 23.2 Å². The number of rotatable bonds is 5. The maximum Gasteiger partial charge on any atom is 0.439 e. The number of halogens is 2. The summed E-state index contributed by atoms with van der Waals surface area (Å²) in [6.45, 7) is 2.25. The number of hydrogen-bond donors (Lipinski definition) is 3. The molecule has 3 aromatic rings. The molecule has 162 valence electrons. The van der Waals surface area contributed by atoms with Crippen LogP contribution in [0.2, 0.25) is 10.0 Å². The van der Waals surface area contributed by atoms with Crippen molar-refractivity contribution in [2.75, 3.05) is 26.2 Å². The van der Waals surface area contributed by atoms with Crippen molar-refractivity contribution in [2.45, 2.75) is 6.10 Å². The van der Waals surface area contributed by atoms with Crippen LogP contribution in [0, 0.1) is 5.92 Å². The molecule has 0 radical (unpaired) electrons. The van der Waals surface area contributed by atoms with Gasteiger partial charge in [-0.3, -0.25) is 19.3 Å². The second kappa shape index (κ2) is 9.61. The number of benzene rings is 1. The van der Waals surface area contributed by atoms with Gasteiger partial charge in [-0.1, -0.05) is 34.4 Å². The molecule has 3 N–H and O–H groups in total. The molecule has 1 fully saturated rings. The van der Waals surface area contributed by atoms with Gasteiger partial charge in [-0.05, 0) is 29.8 Å². The third-order valence-corrected chi connectivity index (χ3v) is 5.65. The van der Waals surface area contributed by atoms with E-state index in [-0.39, 0.29) is 29.4 Å². The van der Waals surface area contributed by atoms with E-state index in [0.29, 0.717) is 41.8 Å². The first-order chi connectivity index (χ1) is 15.0. The number of carbonyl (C=O) groups is 1. The first kappa shape index (κ1) is 21.5. The van der Waals surface area contributed by atoms with Crippen molar-refractivity contribution in [3.8, 4) is 11.4 Å². The quantitative estimate of drug-likeness (QED) is 0.530. The van der Waals surface area contributed by atoms with Gasteiger partial charge in [-0.25, -0.2) is 4.79 Å². The lowest BCUT2D eigenvalue weighted by Crippen LogP contribution is -2.36. The van der Waals surface area contributed by atoms with Gasteiger partial charge in [-0.2, -0.15) is 0 Å². The van der Waals surface area contributed by atoms with Gasteiger partial charge in [0.2, 0.25) is 0 Å². The van der Waals surface area contributed by atoms with E-state index in [9.17, 15) is 9.59 Å². The van der Waals surface area contributed by atoms with Gasteiger partial charge < -0.3 is 15.4 Å². The van der Waals surface area contributed by atoms with Crippen molar-refractivity contribution in [1.82, 2.24) is 25.8 Å². The Morgan fingerprint density at radius 1 is 1.23 bits per heavy atom. The van der Waals surface area contributed by atoms with Crippen molar-refractivity contribution in [3.05, 3.63) is 68.4 Å². The fraction of sp³-hybridized carbons (Fsp3) is 0.300. The van der Waals surface area contributed by atoms with Crippen LogP contribution in [0.4, 0.5) is 0 Å².